The molecule has 2 aromatic rings. The molecule has 1 saturated carbocycles. The first-order valence-corrected chi connectivity index (χ1v) is 9.22. The first kappa shape index (κ1) is 17.6. The van der Waals surface area contributed by atoms with Crippen LogP contribution in [0.5, 0.6) is 0 Å². The average Bonchev–Trinajstić information content (AvgIpc) is 3.38. The summed E-state index contributed by atoms with van der Waals surface area (Å²) in [4.78, 5) is 7.03. The molecule has 0 amide bonds. The van der Waals surface area contributed by atoms with Crippen molar-refractivity contribution in [3.8, 4) is 0 Å². The maximum atomic E-state index is 13.5. The van der Waals surface area contributed by atoms with Crippen molar-refractivity contribution in [2.75, 3.05) is 26.8 Å². The zero-order valence-corrected chi connectivity index (χ0v) is 15.2. The van der Waals surface area contributed by atoms with Crippen LogP contribution in [-0.4, -0.2) is 53.9 Å². The van der Waals surface area contributed by atoms with E-state index in [1.807, 2.05) is 0 Å². The number of hydrogen-bond acceptors (Lipinski definition) is 6. The van der Waals surface area contributed by atoms with Gasteiger partial charge in [0.1, 0.15) is 11.9 Å². The smallest absolute Gasteiger partial charge is 0.248 e. The van der Waals surface area contributed by atoms with Crippen molar-refractivity contribution in [1.82, 2.24) is 20.4 Å². The molecule has 1 aromatic heterocycles. The number of aromatic nitrogens is 2. The van der Waals surface area contributed by atoms with Gasteiger partial charge in [0.15, 0.2) is 5.82 Å². The summed E-state index contributed by atoms with van der Waals surface area (Å²) in [7, 11) is 1.71. The Bertz CT molecular complexity index is 731. The molecular weight excluding hydrogens is 335 g/mol. The summed E-state index contributed by atoms with van der Waals surface area (Å²) in [5.74, 6) is 1.55. The van der Waals surface area contributed by atoms with E-state index in [9.17, 15) is 4.39 Å². The topological polar surface area (TPSA) is 63.4 Å². The van der Waals surface area contributed by atoms with E-state index in [2.05, 4.69) is 22.3 Å². The van der Waals surface area contributed by atoms with E-state index < -0.39 is 0 Å². The van der Waals surface area contributed by atoms with E-state index in [1.165, 1.54) is 12.1 Å². The van der Waals surface area contributed by atoms with Gasteiger partial charge in [-0.3, -0.25) is 4.90 Å². The van der Waals surface area contributed by atoms with E-state index in [1.54, 1.807) is 19.2 Å². The SMILES string of the molecule is COC[C@@H]1CN[C@@H](C)CN1C(c1ccc(F)cc1)c1nc(C2CC2)no1. The second-order valence-corrected chi connectivity index (χ2v) is 7.33. The van der Waals surface area contributed by atoms with Crippen LogP contribution < -0.4 is 5.32 Å². The highest BCUT2D eigenvalue weighted by Gasteiger charge is 2.37. The van der Waals surface area contributed by atoms with Crippen molar-refractivity contribution < 1.29 is 13.7 Å². The van der Waals surface area contributed by atoms with Gasteiger partial charge in [-0.15, -0.1) is 0 Å². The van der Waals surface area contributed by atoms with E-state index in [0.29, 0.717) is 24.5 Å². The summed E-state index contributed by atoms with van der Waals surface area (Å²) in [6.45, 7) is 4.38. The molecule has 0 radical (unpaired) electrons. The number of hydrogen-bond donors (Lipinski definition) is 1. The third-order valence-electron chi connectivity index (χ3n) is 5.17. The van der Waals surface area contributed by atoms with Gasteiger partial charge in [0.25, 0.3) is 0 Å². The van der Waals surface area contributed by atoms with Gasteiger partial charge in [-0.1, -0.05) is 17.3 Å². The quantitative estimate of drug-likeness (QED) is 0.854. The third-order valence-corrected chi connectivity index (χ3v) is 5.17. The number of piperazine rings is 1. The molecule has 6 nitrogen and oxygen atoms in total. The Morgan fingerprint density at radius 2 is 2.12 bits per heavy atom. The number of halogens is 1. The second kappa shape index (κ2) is 7.42. The van der Waals surface area contributed by atoms with E-state index in [4.69, 9.17) is 14.2 Å². The summed E-state index contributed by atoms with van der Waals surface area (Å²) in [6, 6.07) is 6.86. The van der Waals surface area contributed by atoms with E-state index >= 15 is 0 Å². The number of nitrogens with zero attached hydrogens (tertiary/aromatic N) is 3. The van der Waals surface area contributed by atoms with Crippen LogP contribution in [0.1, 0.15) is 49.0 Å². The highest BCUT2D eigenvalue weighted by molar-refractivity contribution is 5.26. The lowest BCUT2D eigenvalue weighted by Gasteiger charge is -2.42. The van der Waals surface area contributed by atoms with Crippen molar-refractivity contribution in [2.24, 2.45) is 0 Å². The predicted molar refractivity (Wildman–Crippen MR) is 94.4 cm³/mol. The standard InChI is InChI=1S/C19H25FN4O2/c1-12-10-24(16(9-21-12)11-25-2)17(13-5-7-15(20)8-6-13)19-22-18(23-26-19)14-3-4-14/h5-8,12,14,16-17,21H,3-4,9-11H2,1-2H3/t12-,16-,17?/m0/s1. The zero-order chi connectivity index (χ0) is 18.1. The monoisotopic (exact) mass is 360 g/mol. The molecule has 3 atom stereocenters. The van der Waals surface area contributed by atoms with Crippen LogP contribution in [-0.2, 0) is 4.74 Å². The summed E-state index contributed by atoms with van der Waals surface area (Å²) in [6.07, 6.45) is 2.24. The van der Waals surface area contributed by atoms with Gasteiger partial charge in [-0.2, -0.15) is 4.98 Å². The molecule has 26 heavy (non-hydrogen) atoms. The Balaban J connectivity index is 1.71. The minimum absolute atomic E-state index is 0.169. The Labute approximate surface area is 152 Å². The molecular formula is C19H25FN4O2. The molecule has 0 spiro atoms. The zero-order valence-electron chi connectivity index (χ0n) is 15.2. The predicted octanol–water partition coefficient (Wildman–Crippen LogP) is 2.48. The average molecular weight is 360 g/mol. The molecule has 140 valence electrons. The van der Waals surface area contributed by atoms with Crippen molar-refractivity contribution >= 4 is 0 Å². The molecule has 2 aliphatic rings. The minimum Gasteiger partial charge on any atom is -0.383 e. The Morgan fingerprint density at radius 3 is 2.81 bits per heavy atom. The molecule has 2 fully saturated rings. The van der Waals surface area contributed by atoms with Gasteiger partial charge in [0.05, 0.1) is 6.61 Å². The van der Waals surface area contributed by atoms with Gasteiger partial charge < -0.3 is 14.6 Å². The summed E-state index contributed by atoms with van der Waals surface area (Å²) in [5, 5.41) is 7.69. The highest BCUT2D eigenvalue weighted by atomic mass is 19.1. The fourth-order valence-corrected chi connectivity index (χ4v) is 3.63. The van der Waals surface area contributed by atoms with Gasteiger partial charge in [-0.05, 0) is 37.5 Å². The van der Waals surface area contributed by atoms with Crippen molar-refractivity contribution in [1.29, 1.82) is 0 Å². The van der Waals surface area contributed by atoms with Crippen LogP contribution in [0.25, 0.3) is 0 Å². The fraction of sp³-hybridized carbons (Fsp3) is 0.579. The van der Waals surface area contributed by atoms with Crippen LogP contribution >= 0.6 is 0 Å². The van der Waals surface area contributed by atoms with Crippen molar-refractivity contribution in [2.45, 2.75) is 43.8 Å². The molecule has 0 bridgehead atoms. The number of ether oxygens (including phenoxy) is 1. The largest absolute Gasteiger partial charge is 0.383 e. The third kappa shape index (κ3) is 3.65. The highest BCUT2D eigenvalue weighted by Crippen LogP contribution is 2.39. The van der Waals surface area contributed by atoms with Crippen LogP contribution in [0.3, 0.4) is 0 Å². The van der Waals surface area contributed by atoms with Gasteiger partial charge in [0, 0.05) is 38.2 Å². The molecule has 1 N–H and O–H groups in total. The van der Waals surface area contributed by atoms with Crippen LogP contribution in [0.15, 0.2) is 28.8 Å². The maximum Gasteiger partial charge on any atom is 0.248 e. The van der Waals surface area contributed by atoms with Crippen LogP contribution in [0, 0.1) is 5.82 Å². The lowest BCUT2D eigenvalue weighted by atomic mass is 10.00. The van der Waals surface area contributed by atoms with Crippen LogP contribution in [0.2, 0.25) is 0 Å². The van der Waals surface area contributed by atoms with E-state index in [-0.39, 0.29) is 17.9 Å². The van der Waals surface area contributed by atoms with E-state index in [0.717, 1.165) is 37.3 Å². The summed E-state index contributed by atoms with van der Waals surface area (Å²) < 4.78 is 24.6. The summed E-state index contributed by atoms with van der Waals surface area (Å²) >= 11 is 0. The molecule has 1 aliphatic carbocycles. The number of nitrogens with one attached hydrogen (secondary N) is 1. The Hall–Kier alpha value is -1.83. The number of methoxy groups -OCH3 is 1. The van der Waals surface area contributed by atoms with Crippen molar-refractivity contribution in [3.05, 3.63) is 47.4 Å². The molecule has 2 heterocycles. The van der Waals surface area contributed by atoms with Gasteiger partial charge in [-0.25, -0.2) is 4.39 Å². The maximum absolute atomic E-state index is 13.5. The van der Waals surface area contributed by atoms with Gasteiger partial charge >= 0.3 is 0 Å². The Morgan fingerprint density at radius 1 is 1.35 bits per heavy atom. The first-order valence-electron chi connectivity index (χ1n) is 9.22. The fourth-order valence-electron chi connectivity index (χ4n) is 3.63. The molecule has 4 rings (SSSR count). The molecule has 1 aromatic carbocycles. The minimum atomic E-state index is -0.251. The summed E-state index contributed by atoms with van der Waals surface area (Å²) in [5.41, 5.74) is 0.951. The van der Waals surface area contributed by atoms with Gasteiger partial charge in [0.2, 0.25) is 5.89 Å². The van der Waals surface area contributed by atoms with Crippen LogP contribution in [0.4, 0.5) is 4.39 Å². The molecule has 7 heteroatoms. The molecule has 1 saturated heterocycles. The number of rotatable bonds is 6. The number of benzene rings is 1. The lowest BCUT2D eigenvalue weighted by molar-refractivity contribution is 0.0332. The lowest BCUT2D eigenvalue weighted by Crippen LogP contribution is -2.58. The van der Waals surface area contributed by atoms with Crippen molar-refractivity contribution in [3.63, 3.8) is 0 Å². The Kier molecular flexibility index (Phi) is 5.02. The second-order valence-electron chi connectivity index (χ2n) is 7.33. The first-order chi connectivity index (χ1) is 12.7. The normalized spacial score (nSPS) is 25.3. The molecule has 1 unspecified atom stereocenters. The molecule has 1 aliphatic heterocycles.